The smallest absolute Gasteiger partial charge is 0.338 e. The Bertz CT molecular complexity index is 700. The van der Waals surface area contributed by atoms with Crippen LogP contribution >= 0.6 is 15.9 Å². The van der Waals surface area contributed by atoms with E-state index in [0.29, 0.717) is 17.9 Å². The van der Waals surface area contributed by atoms with Crippen molar-refractivity contribution in [3.63, 3.8) is 0 Å². The molecule has 136 valence electrons. The number of esters is 1. The maximum absolute atomic E-state index is 12.5. The summed E-state index contributed by atoms with van der Waals surface area (Å²) in [4.78, 5) is 24.4. The molecule has 2 rings (SSSR count). The summed E-state index contributed by atoms with van der Waals surface area (Å²) in [5, 5.41) is 5.42. The normalized spacial score (nSPS) is 17.2. The van der Waals surface area contributed by atoms with Crippen LogP contribution in [0.4, 0.5) is 4.79 Å². The third-order valence-corrected chi connectivity index (χ3v) is 4.20. The fourth-order valence-electron chi connectivity index (χ4n) is 2.52. The SMILES string of the molecule is CCCOc1ccc(C2NC(=O)NC(C)=C2C(=O)OC(C)C)cc1Br. The monoisotopic (exact) mass is 410 g/mol. The highest BCUT2D eigenvalue weighted by Gasteiger charge is 2.32. The molecule has 1 atom stereocenters. The first-order chi connectivity index (χ1) is 11.8. The summed E-state index contributed by atoms with van der Waals surface area (Å²) in [5.74, 6) is 0.269. The summed E-state index contributed by atoms with van der Waals surface area (Å²) in [7, 11) is 0. The standard InChI is InChI=1S/C18H23BrN2O4/c1-5-8-24-14-7-6-12(9-13(14)19)16-15(17(22)25-10(2)3)11(4)20-18(23)21-16/h6-7,9-10,16H,5,8H2,1-4H3,(H2,20,21,23). The molecule has 1 heterocycles. The zero-order valence-corrected chi connectivity index (χ0v) is 16.4. The maximum Gasteiger partial charge on any atom is 0.338 e. The van der Waals surface area contributed by atoms with Gasteiger partial charge in [-0.1, -0.05) is 13.0 Å². The Morgan fingerprint density at radius 2 is 2.08 bits per heavy atom. The van der Waals surface area contributed by atoms with Gasteiger partial charge < -0.3 is 20.1 Å². The molecule has 1 unspecified atom stereocenters. The van der Waals surface area contributed by atoms with Crippen LogP contribution in [0.2, 0.25) is 0 Å². The first kappa shape index (κ1) is 19.3. The van der Waals surface area contributed by atoms with Crippen molar-refractivity contribution < 1.29 is 19.1 Å². The molecule has 7 heteroatoms. The lowest BCUT2D eigenvalue weighted by molar-refractivity contribution is -0.143. The van der Waals surface area contributed by atoms with Crippen molar-refractivity contribution in [2.75, 3.05) is 6.61 Å². The number of rotatable bonds is 6. The number of carbonyl (C=O) groups is 2. The molecule has 0 saturated carbocycles. The van der Waals surface area contributed by atoms with E-state index >= 15 is 0 Å². The zero-order chi connectivity index (χ0) is 18.6. The number of amides is 2. The molecule has 1 aliphatic rings. The second-order valence-corrected chi connectivity index (χ2v) is 6.92. The highest BCUT2D eigenvalue weighted by Crippen LogP contribution is 2.33. The van der Waals surface area contributed by atoms with E-state index in [0.717, 1.165) is 22.2 Å². The van der Waals surface area contributed by atoms with Crippen molar-refractivity contribution in [3.05, 3.63) is 39.5 Å². The van der Waals surface area contributed by atoms with Crippen LogP contribution in [0.25, 0.3) is 0 Å². The van der Waals surface area contributed by atoms with Gasteiger partial charge in [-0.05, 0) is 60.8 Å². The minimum Gasteiger partial charge on any atom is -0.492 e. The lowest BCUT2D eigenvalue weighted by atomic mass is 9.95. The molecule has 0 saturated heterocycles. The molecular formula is C18H23BrN2O4. The van der Waals surface area contributed by atoms with Gasteiger partial charge in [-0.15, -0.1) is 0 Å². The van der Waals surface area contributed by atoms with E-state index in [4.69, 9.17) is 9.47 Å². The predicted molar refractivity (Wildman–Crippen MR) is 98.3 cm³/mol. The molecule has 2 N–H and O–H groups in total. The lowest BCUT2D eigenvalue weighted by Crippen LogP contribution is -2.45. The summed E-state index contributed by atoms with van der Waals surface area (Å²) < 4.78 is 11.7. The fraction of sp³-hybridized carbons (Fsp3) is 0.444. The van der Waals surface area contributed by atoms with Crippen LogP contribution in [0.15, 0.2) is 33.9 Å². The van der Waals surface area contributed by atoms with E-state index in [9.17, 15) is 9.59 Å². The number of urea groups is 1. The molecule has 1 aliphatic heterocycles. The van der Waals surface area contributed by atoms with Crippen molar-refractivity contribution in [3.8, 4) is 5.75 Å². The predicted octanol–water partition coefficient (Wildman–Crippen LogP) is 3.82. The summed E-state index contributed by atoms with van der Waals surface area (Å²) in [6.07, 6.45) is 0.661. The van der Waals surface area contributed by atoms with E-state index in [1.807, 2.05) is 25.1 Å². The average molecular weight is 411 g/mol. The maximum atomic E-state index is 12.5. The molecule has 1 aromatic carbocycles. The summed E-state index contributed by atoms with van der Waals surface area (Å²) >= 11 is 3.49. The third kappa shape index (κ3) is 4.75. The van der Waals surface area contributed by atoms with Crippen LogP contribution in [-0.2, 0) is 9.53 Å². The second-order valence-electron chi connectivity index (χ2n) is 6.06. The molecule has 0 aliphatic carbocycles. The average Bonchev–Trinajstić information content (AvgIpc) is 2.52. The highest BCUT2D eigenvalue weighted by atomic mass is 79.9. The van der Waals surface area contributed by atoms with Gasteiger partial charge in [0.05, 0.1) is 28.8 Å². The Hall–Kier alpha value is -2.02. The molecule has 0 spiro atoms. The quantitative estimate of drug-likeness (QED) is 0.698. The largest absolute Gasteiger partial charge is 0.492 e. The topological polar surface area (TPSA) is 76.7 Å². The molecule has 2 amide bonds. The molecule has 1 aromatic rings. The first-order valence-electron chi connectivity index (χ1n) is 8.25. The van der Waals surface area contributed by atoms with Gasteiger partial charge in [0.25, 0.3) is 0 Å². The number of carbonyl (C=O) groups excluding carboxylic acids is 2. The van der Waals surface area contributed by atoms with Crippen LogP contribution in [0, 0.1) is 0 Å². The number of halogens is 1. The lowest BCUT2D eigenvalue weighted by Gasteiger charge is -2.29. The van der Waals surface area contributed by atoms with Crippen molar-refractivity contribution in [1.82, 2.24) is 10.6 Å². The number of ether oxygens (including phenoxy) is 2. The molecule has 0 bridgehead atoms. The Kier molecular flexibility index (Phi) is 6.47. The minimum atomic E-state index is -0.587. The van der Waals surface area contributed by atoms with Crippen molar-refractivity contribution >= 4 is 27.9 Å². The Labute approximate surface area is 156 Å². The number of benzene rings is 1. The van der Waals surface area contributed by atoms with Crippen LogP contribution in [-0.4, -0.2) is 24.7 Å². The molecule has 0 fully saturated rings. The first-order valence-corrected chi connectivity index (χ1v) is 9.04. The van der Waals surface area contributed by atoms with Crippen LogP contribution in [0.1, 0.15) is 45.7 Å². The van der Waals surface area contributed by atoms with Gasteiger partial charge in [-0.25, -0.2) is 9.59 Å². The van der Waals surface area contributed by atoms with Gasteiger partial charge in [0.1, 0.15) is 5.75 Å². The molecular weight excluding hydrogens is 388 g/mol. The third-order valence-electron chi connectivity index (χ3n) is 3.58. The van der Waals surface area contributed by atoms with Crippen LogP contribution < -0.4 is 15.4 Å². The van der Waals surface area contributed by atoms with Gasteiger partial charge in [0.2, 0.25) is 0 Å². The zero-order valence-electron chi connectivity index (χ0n) is 14.8. The van der Waals surface area contributed by atoms with E-state index in [-0.39, 0.29) is 12.1 Å². The minimum absolute atomic E-state index is 0.248. The van der Waals surface area contributed by atoms with Gasteiger partial charge in [-0.2, -0.15) is 0 Å². The second kappa shape index (κ2) is 8.38. The number of hydrogen-bond acceptors (Lipinski definition) is 4. The van der Waals surface area contributed by atoms with Crippen LogP contribution in [0.5, 0.6) is 5.75 Å². The van der Waals surface area contributed by atoms with E-state index in [2.05, 4.69) is 26.6 Å². The molecule has 0 radical (unpaired) electrons. The van der Waals surface area contributed by atoms with Crippen LogP contribution in [0.3, 0.4) is 0 Å². The van der Waals surface area contributed by atoms with Crippen molar-refractivity contribution in [2.45, 2.75) is 46.3 Å². The van der Waals surface area contributed by atoms with E-state index < -0.39 is 12.0 Å². The summed E-state index contributed by atoms with van der Waals surface area (Å²) in [6.45, 7) is 7.92. The van der Waals surface area contributed by atoms with Gasteiger partial charge in [0.15, 0.2) is 0 Å². The number of hydrogen-bond donors (Lipinski definition) is 2. The highest BCUT2D eigenvalue weighted by molar-refractivity contribution is 9.10. The summed E-state index contributed by atoms with van der Waals surface area (Å²) in [5.41, 5.74) is 1.64. The molecule has 25 heavy (non-hydrogen) atoms. The van der Waals surface area contributed by atoms with Crippen molar-refractivity contribution in [2.24, 2.45) is 0 Å². The van der Waals surface area contributed by atoms with E-state index in [1.165, 1.54) is 0 Å². The van der Waals surface area contributed by atoms with Crippen molar-refractivity contribution in [1.29, 1.82) is 0 Å². The molecule has 0 aromatic heterocycles. The summed E-state index contributed by atoms with van der Waals surface area (Å²) in [6, 6.07) is 4.56. The molecule has 6 nitrogen and oxygen atoms in total. The Balaban J connectivity index is 2.37. The van der Waals surface area contributed by atoms with E-state index in [1.54, 1.807) is 20.8 Å². The van der Waals surface area contributed by atoms with Gasteiger partial charge in [-0.3, -0.25) is 0 Å². The van der Waals surface area contributed by atoms with Gasteiger partial charge >= 0.3 is 12.0 Å². The number of nitrogens with one attached hydrogen (secondary N) is 2. The Morgan fingerprint density at radius 3 is 2.68 bits per heavy atom. The fourth-order valence-corrected chi connectivity index (χ4v) is 3.03. The number of allylic oxidation sites excluding steroid dienone is 1. The van der Waals surface area contributed by atoms with Gasteiger partial charge in [0, 0.05) is 5.70 Å². The Morgan fingerprint density at radius 1 is 1.36 bits per heavy atom.